The zero-order chi connectivity index (χ0) is 15.3. The minimum absolute atomic E-state index is 0.0754. The van der Waals surface area contributed by atoms with E-state index < -0.39 is 16.4 Å². The highest BCUT2D eigenvalue weighted by Crippen LogP contribution is 2.25. The van der Waals surface area contributed by atoms with E-state index in [1.54, 1.807) is 19.1 Å². The van der Waals surface area contributed by atoms with Gasteiger partial charge in [-0.3, -0.25) is 14.9 Å². The number of nitrogens with zero attached hydrogens (tertiary/aromatic N) is 1. The minimum Gasteiger partial charge on any atom is -0.345 e. The SMILES string of the molecule is CCC(CC)(CCl)NC(=O)c1cccc(C)c1[N+](=O)[O-]. The van der Waals surface area contributed by atoms with E-state index in [-0.39, 0.29) is 17.1 Å². The topological polar surface area (TPSA) is 72.2 Å². The largest absolute Gasteiger partial charge is 0.345 e. The number of alkyl halides is 1. The van der Waals surface area contributed by atoms with Crippen molar-refractivity contribution in [3.8, 4) is 0 Å². The third-order valence-corrected chi connectivity index (χ3v) is 4.16. The van der Waals surface area contributed by atoms with Gasteiger partial charge in [0.1, 0.15) is 5.56 Å². The molecule has 5 nitrogen and oxygen atoms in total. The highest BCUT2D eigenvalue weighted by atomic mass is 35.5. The van der Waals surface area contributed by atoms with Crippen molar-refractivity contribution in [1.82, 2.24) is 5.32 Å². The molecule has 0 fully saturated rings. The minimum atomic E-state index is -0.531. The van der Waals surface area contributed by atoms with Crippen molar-refractivity contribution in [3.05, 3.63) is 39.4 Å². The van der Waals surface area contributed by atoms with Gasteiger partial charge in [0.05, 0.1) is 10.5 Å². The molecule has 0 unspecified atom stereocenters. The Balaban J connectivity index is 3.16. The molecule has 0 saturated carbocycles. The van der Waals surface area contributed by atoms with Gasteiger partial charge in [0.2, 0.25) is 0 Å². The zero-order valence-corrected chi connectivity index (χ0v) is 12.7. The number of benzene rings is 1. The molecular weight excluding hydrogens is 280 g/mol. The highest BCUT2D eigenvalue weighted by Gasteiger charge is 2.30. The first-order valence-electron chi connectivity index (χ1n) is 6.53. The number of hydrogen-bond donors (Lipinski definition) is 1. The molecule has 6 heteroatoms. The number of halogens is 1. The van der Waals surface area contributed by atoms with Crippen molar-refractivity contribution < 1.29 is 9.72 Å². The van der Waals surface area contributed by atoms with Gasteiger partial charge >= 0.3 is 0 Å². The molecule has 1 aromatic carbocycles. The van der Waals surface area contributed by atoms with Gasteiger partial charge in [-0.2, -0.15) is 0 Å². The maximum atomic E-state index is 12.3. The lowest BCUT2D eigenvalue weighted by atomic mass is 9.94. The number of carbonyl (C=O) groups excluding carboxylic acids is 1. The molecule has 1 aromatic rings. The summed E-state index contributed by atoms with van der Waals surface area (Å²) in [7, 11) is 0. The number of nitrogens with one attached hydrogen (secondary N) is 1. The van der Waals surface area contributed by atoms with Crippen LogP contribution in [0, 0.1) is 17.0 Å². The predicted octanol–water partition coefficient (Wildman–Crippen LogP) is 3.43. The molecule has 1 N–H and O–H groups in total. The van der Waals surface area contributed by atoms with E-state index in [0.717, 1.165) is 0 Å². The van der Waals surface area contributed by atoms with E-state index in [1.807, 2.05) is 13.8 Å². The number of carbonyl (C=O) groups is 1. The Morgan fingerprint density at radius 3 is 2.45 bits per heavy atom. The smallest absolute Gasteiger partial charge is 0.285 e. The van der Waals surface area contributed by atoms with E-state index >= 15 is 0 Å². The predicted molar refractivity (Wildman–Crippen MR) is 79.3 cm³/mol. The van der Waals surface area contributed by atoms with Crippen molar-refractivity contribution in [1.29, 1.82) is 0 Å². The number of hydrogen-bond acceptors (Lipinski definition) is 3. The third-order valence-electron chi connectivity index (χ3n) is 3.65. The quantitative estimate of drug-likeness (QED) is 0.497. The summed E-state index contributed by atoms with van der Waals surface area (Å²) in [6.45, 7) is 5.47. The number of nitro benzene ring substituents is 1. The Morgan fingerprint density at radius 2 is 2.00 bits per heavy atom. The average molecular weight is 299 g/mol. The van der Waals surface area contributed by atoms with Gasteiger partial charge in [-0.1, -0.05) is 26.0 Å². The van der Waals surface area contributed by atoms with Crippen LogP contribution in [0.4, 0.5) is 5.69 Å². The van der Waals surface area contributed by atoms with Crippen LogP contribution in [-0.2, 0) is 0 Å². The number of rotatable bonds is 6. The van der Waals surface area contributed by atoms with Crippen LogP contribution in [0.2, 0.25) is 0 Å². The molecule has 1 rings (SSSR count). The Kier molecular flexibility index (Phi) is 5.51. The summed E-state index contributed by atoms with van der Waals surface area (Å²) in [5.74, 6) is -0.185. The summed E-state index contributed by atoms with van der Waals surface area (Å²) >= 11 is 5.94. The number of aryl methyl sites for hydroxylation is 1. The second kappa shape index (κ2) is 6.70. The number of nitro groups is 1. The highest BCUT2D eigenvalue weighted by molar-refractivity contribution is 6.19. The molecule has 0 atom stereocenters. The van der Waals surface area contributed by atoms with Crippen LogP contribution < -0.4 is 5.32 Å². The molecule has 0 aliphatic heterocycles. The zero-order valence-electron chi connectivity index (χ0n) is 11.9. The van der Waals surface area contributed by atoms with E-state index in [2.05, 4.69) is 5.32 Å². The van der Waals surface area contributed by atoms with Gasteiger partial charge in [-0.05, 0) is 25.8 Å². The molecule has 0 spiro atoms. The second-order valence-electron chi connectivity index (χ2n) is 4.80. The van der Waals surface area contributed by atoms with Crippen LogP contribution in [0.15, 0.2) is 18.2 Å². The van der Waals surface area contributed by atoms with Gasteiger partial charge in [0.15, 0.2) is 0 Å². The van der Waals surface area contributed by atoms with Crippen molar-refractivity contribution in [3.63, 3.8) is 0 Å². The lowest BCUT2D eigenvalue weighted by Crippen LogP contribution is -2.49. The summed E-state index contributed by atoms with van der Waals surface area (Å²) in [6, 6.07) is 4.71. The molecule has 20 heavy (non-hydrogen) atoms. The van der Waals surface area contributed by atoms with E-state index in [4.69, 9.17) is 11.6 Å². The first-order valence-corrected chi connectivity index (χ1v) is 7.06. The van der Waals surface area contributed by atoms with Crippen LogP contribution in [-0.4, -0.2) is 22.2 Å². The lowest BCUT2D eigenvalue weighted by molar-refractivity contribution is -0.385. The van der Waals surface area contributed by atoms with Crippen LogP contribution in [0.3, 0.4) is 0 Å². The van der Waals surface area contributed by atoms with E-state index in [0.29, 0.717) is 18.4 Å². The molecule has 0 saturated heterocycles. The number of amides is 1. The van der Waals surface area contributed by atoms with Gasteiger partial charge in [-0.25, -0.2) is 0 Å². The van der Waals surface area contributed by atoms with Gasteiger partial charge in [0, 0.05) is 11.4 Å². The van der Waals surface area contributed by atoms with Crippen molar-refractivity contribution in [2.75, 3.05) is 5.88 Å². The van der Waals surface area contributed by atoms with Crippen LogP contribution in [0.25, 0.3) is 0 Å². The summed E-state index contributed by atoms with van der Waals surface area (Å²) in [6.07, 6.45) is 1.33. The van der Waals surface area contributed by atoms with Crippen LogP contribution >= 0.6 is 11.6 Å². The molecule has 0 radical (unpaired) electrons. The maximum absolute atomic E-state index is 12.3. The molecule has 0 bridgehead atoms. The normalized spacial score (nSPS) is 11.2. The van der Waals surface area contributed by atoms with E-state index in [1.165, 1.54) is 6.07 Å². The van der Waals surface area contributed by atoms with Crippen molar-refractivity contribution >= 4 is 23.2 Å². The van der Waals surface area contributed by atoms with Gasteiger partial charge in [0.25, 0.3) is 11.6 Å². The Morgan fingerprint density at radius 1 is 1.40 bits per heavy atom. The van der Waals surface area contributed by atoms with Crippen molar-refractivity contribution in [2.45, 2.75) is 39.2 Å². The summed E-state index contributed by atoms with van der Waals surface area (Å²) in [5.41, 5.74) is -0.143. The Bertz CT molecular complexity index is 505. The Labute approximate surface area is 123 Å². The first-order chi connectivity index (χ1) is 9.40. The second-order valence-corrected chi connectivity index (χ2v) is 5.07. The maximum Gasteiger partial charge on any atom is 0.285 e. The standard InChI is InChI=1S/C14H19ClN2O3/c1-4-14(5-2,9-15)16-13(18)11-8-6-7-10(3)12(11)17(19)20/h6-8H,4-5,9H2,1-3H3,(H,16,18). The molecule has 0 aliphatic carbocycles. The van der Waals surface area contributed by atoms with Gasteiger partial charge in [-0.15, -0.1) is 11.6 Å². The molecule has 1 amide bonds. The summed E-state index contributed by atoms with van der Waals surface area (Å²) in [4.78, 5) is 22.9. The fraction of sp³-hybridized carbons (Fsp3) is 0.500. The van der Waals surface area contributed by atoms with Gasteiger partial charge < -0.3 is 5.32 Å². The third kappa shape index (κ3) is 3.28. The molecular formula is C14H19ClN2O3. The molecule has 0 aliphatic rings. The summed E-state index contributed by atoms with van der Waals surface area (Å²) < 4.78 is 0. The molecule has 110 valence electrons. The molecule has 0 heterocycles. The van der Waals surface area contributed by atoms with Crippen LogP contribution in [0.1, 0.15) is 42.6 Å². The van der Waals surface area contributed by atoms with Crippen LogP contribution in [0.5, 0.6) is 0 Å². The average Bonchev–Trinajstić information content (AvgIpc) is 2.44. The number of para-hydroxylation sites is 1. The molecule has 0 aromatic heterocycles. The van der Waals surface area contributed by atoms with E-state index in [9.17, 15) is 14.9 Å². The lowest BCUT2D eigenvalue weighted by Gasteiger charge is -2.30. The summed E-state index contributed by atoms with van der Waals surface area (Å²) in [5, 5.41) is 14.0. The fourth-order valence-corrected chi connectivity index (χ4v) is 2.49. The Hall–Kier alpha value is -1.62. The first kappa shape index (κ1) is 16.4. The fourth-order valence-electron chi connectivity index (χ4n) is 2.04. The monoisotopic (exact) mass is 298 g/mol. The van der Waals surface area contributed by atoms with Crippen molar-refractivity contribution in [2.24, 2.45) is 0 Å².